The molecule has 0 aliphatic heterocycles. The van der Waals surface area contributed by atoms with E-state index in [2.05, 4.69) is 26.8 Å². The third kappa shape index (κ3) is 10.3. The predicted octanol–water partition coefficient (Wildman–Crippen LogP) is 6.26. The number of allylic oxidation sites excluding steroid dienone is 2. The molecule has 0 spiro atoms. The molecule has 0 aromatic rings. The van der Waals surface area contributed by atoms with Gasteiger partial charge in [-0.05, 0) is 32.1 Å². The maximum absolute atomic E-state index is 2.52. The second kappa shape index (κ2) is 12.8. The molecular formula is C16H32. The normalized spacial score (nSPS) is 12.1. The Bertz CT molecular complexity index is 155. The van der Waals surface area contributed by atoms with Crippen LogP contribution in [0.3, 0.4) is 0 Å². The van der Waals surface area contributed by atoms with Crippen LogP contribution in [0.25, 0.3) is 0 Å². The van der Waals surface area contributed by atoms with Crippen LogP contribution in [0.5, 0.6) is 0 Å². The van der Waals surface area contributed by atoms with Crippen LogP contribution in [0.1, 0.15) is 91.4 Å². The van der Waals surface area contributed by atoms with E-state index in [9.17, 15) is 0 Å². The molecule has 0 bridgehead atoms. The first-order chi connectivity index (χ1) is 7.85. The molecule has 0 heteroatoms. The van der Waals surface area contributed by atoms with Crippen molar-refractivity contribution in [2.45, 2.75) is 91.4 Å². The lowest BCUT2D eigenvalue weighted by Gasteiger charge is -2.04. The van der Waals surface area contributed by atoms with Gasteiger partial charge < -0.3 is 0 Å². The van der Waals surface area contributed by atoms with E-state index in [1.165, 1.54) is 70.6 Å². The summed E-state index contributed by atoms with van der Waals surface area (Å²) in [5.74, 6) is 0. The molecule has 0 heterocycles. The molecule has 16 heavy (non-hydrogen) atoms. The van der Waals surface area contributed by atoms with Crippen LogP contribution in [0.4, 0.5) is 0 Å². The average Bonchev–Trinajstić information content (AvgIpc) is 2.31. The first kappa shape index (κ1) is 15.7. The summed E-state index contributed by atoms with van der Waals surface area (Å²) < 4.78 is 0. The van der Waals surface area contributed by atoms with E-state index in [1.54, 1.807) is 5.57 Å². The Labute approximate surface area is 104 Å². The van der Waals surface area contributed by atoms with Gasteiger partial charge in [-0.1, -0.05) is 70.9 Å². The van der Waals surface area contributed by atoms with Crippen LogP contribution >= 0.6 is 0 Å². The summed E-state index contributed by atoms with van der Waals surface area (Å²) in [5, 5.41) is 0. The van der Waals surface area contributed by atoms with Gasteiger partial charge in [0.1, 0.15) is 0 Å². The number of rotatable bonds is 11. The number of hydrogen-bond acceptors (Lipinski definition) is 0. The van der Waals surface area contributed by atoms with Crippen molar-refractivity contribution in [2.24, 2.45) is 0 Å². The van der Waals surface area contributed by atoms with Gasteiger partial charge in [-0.25, -0.2) is 0 Å². The van der Waals surface area contributed by atoms with Gasteiger partial charge in [-0.2, -0.15) is 0 Å². The topological polar surface area (TPSA) is 0 Å². The molecule has 0 rings (SSSR count). The third-order valence-electron chi connectivity index (χ3n) is 3.30. The summed E-state index contributed by atoms with van der Waals surface area (Å²) in [6.07, 6.45) is 17.6. The first-order valence-corrected chi connectivity index (χ1v) is 7.53. The minimum absolute atomic E-state index is 1.26. The quantitative estimate of drug-likeness (QED) is 0.287. The molecule has 0 fully saturated rings. The monoisotopic (exact) mass is 224 g/mol. The highest BCUT2D eigenvalue weighted by atomic mass is 14.0. The fourth-order valence-corrected chi connectivity index (χ4v) is 2.08. The standard InChI is InChI=1S/C16H32/c1-4-7-9-11-13-15-16(6-3)14-12-10-8-5-2/h15H,4-14H2,1-3H3. The zero-order chi connectivity index (χ0) is 12.1. The van der Waals surface area contributed by atoms with E-state index in [1.807, 2.05) is 0 Å². The summed E-state index contributed by atoms with van der Waals surface area (Å²) in [6, 6.07) is 0. The molecule has 0 radical (unpaired) electrons. The molecule has 0 aliphatic carbocycles. The van der Waals surface area contributed by atoms with Gasteiger partial charge in [0, 0.05) is 0 Å². The molecule has 96 valence electrons. The van der Waals surface area contributed by atoms with Crippen molar-refractivity contribution in [1.82, 2.24) is 0 Å². The van der Waals surface area contributed by atoms with Gasteiger partial charge in [0.05, 0.1) is 0 Å². The maximum atomic E-state index is 2.52. The predicted molar refractivity (Wildman–Crippen MR) is 75.9 cm³/mol. The van der Waals surface area contributed by atoms with E-state index in [-0.39, 0.29) is 0 Å². The van der Waals surface area contributed by atoms with E-state index < -0.39 is 0 Å². The highest BCUT2D eigenvalue weighted by molar-refractivity contribution is 5.00. The minimum Gasteiger partial charge on any atom is -0.0853 e. The molecule has 0 aromatic heterocycles. The summed E-state index contributed by atoms with van der Waals surface area (Å²) >= 11 is 0. The van der Waals surface area contributed by atoms with Crippen molar-refractivity contribution >= 4 is 0 Å². The van der Waals surface area contributed by atoms with Crippen molar-refractivity contribution in [3.8, 4) is 0 Å². The van der Waals surface area contributed by atoms with Gasteiger partial charge >= 0.3 is 0 Å². The highest BCUT2D eigenvalue weighted by Crippen LogP contribution is 2.15. The summed E-state index contributed by atoms with van der Waals surface area (Å²) in [7, 11) is 0. The van der Waals surface area contributed by atoms with Gasteiger partial charge in [-0.15, -0.1) is 0 Å². The molecule has 0 saturated carbocycles. The molecule has 0 unspecified atom stereocenters. The Morgan fingerprint density at radius 2 is 1.38 bits per heavy atom. The van der Waals surface area contributed by atoms with Gasteiger partial charge in [0.2, 0.25) is 0 Å². The lowest BCUT2D eigenvalue weighted by molar-refractivity contribution is 0.649. The van der Waals surface area contributed by atoms with Crippen LogP contribution in [0, 0.1) is 0 Å². The Morgan fingerprint density at radius 1 is 0.750 bits per heavy atom. The van der Waals surface area contributed by atoms with Crippen molar-refractivity contribution in [1.29, 1.82) is 0 Å². The van der Waals surface area contributed by atoms with Crippen molar-refractivity contribution in [3.05, 3.63) is 11.6 Å². The Balaban J connectivity index is 3.50. The second-order valence-corrected chi connectivity index (χ2v) is 4.88. The lowest BCUT2D eigenvalue weighted by atomic mass is 10.0. The molecule has 0 saturated heterocycles. The van der Waals surface area contributed by atoms with Crippen molar-refractivity contribution in [3.63, 3.8) is 0 Å². The first-order valence-electron chi connectivity index (χ1n) is 7.53. The zero-order valence-corrected chi connectivity index (χ0v) is 11.9. The van der Waals surface area contributed by atoms with Crippen LogP contribution in [-0.4, -0.2) is 0 Å². The maximum Gasteiger partial charge on any atom is -0.0320 e. The third-order valence-corrected chi connectivity index (χ3v) is 3.30. The largest absolute Gasteiger partial charge is 0.0853 e. The summed E-state index contributed by atoms with van der Waals surface area (Å²) in [6.45, 7) is 6.86. The molecule has 0 aromatic carbocycles. The second-order valence-electron chi connectivity index (χ2n) is 4.88. The molecule has 0 aliphatic rings. The Morgan fingerprint density at radius 3 is 1.94 bits per heavy atom. The van der Waals surface area contributed by atoms with E-state index in [0.29, 0.717) is 0 Å². The van der Waals surface area contributed by atoms with Gasteiger partial charge in [0.15, 0.2) is 0 Å². The molecule has 0 nitrogen and oxygen atoms in total. The average molecular weight is 224 g/mol. The van der Waals surface area contributed by atoms with Crippen LogP contribution < -0.4 is 0 Å². The molecule has 0 amide bonds. The summed E-state index contributed by atoms with van der Waals surface area (Å²) in [4.78, 5) is 0. The van der Waals surface area contributed by atoms with Crippen LogP contribution in [0.2, 0.25) is 0 Å². The van der Waals surface area contributed by atoms with E-state index in [4.69, 9.17) is 0 Å². The number of hydrogen-bond donors (Lipinski definition) is 0. The molecular weight excluding hydrogens is 192 g/mol. The smallest absolute Gasteiger partial charge is 0.0320 e. The molecule has 0 atom stereocenters. The summed E-state index contributed by atoms with van der Waals surface area (Å²) in [5.41, 5.74) is 1.70. The van der Waals surface area contributed by atoms with Crippen LogP contribution in [0.15, 0.2) is 11.6 Å². The Kier molecular flexibility index (Phi) is 12.6. The van der Waals surface area contributed by atoms with Gasteiger partial charge in [0.25, 0.3) is 0 Å². The SMILES string of the molecule is CCCCCCC=C(CC)CCCCCC. The zero-order valence-electron chi connectivity index (χ0n) is 11.9. The minimum atomic E-state index is 1.26. The van der Waals surface area contributed by atoms with Crippen molar-refractivity contribution in [2.75, 3.05) is 0 Å². The van der Waals surface area contributed by atoms with E-state index >= 15 is 0 Å². The Hall–Kier alpha value is -0.260. The van der Waals surface area contributed by atoms with Crippen LogP contribution in [-0.2, 0) is 0 Å². The fraction of sp³-hybridized carbons (Fsp3) is 0.875. The fourth-order valence-electron chi connectivity index (χ4n) is 2.08. The number of unbranched alkanes of at least 4 members (excludes halogenated alkanes) is 7. The van der Waals surface area contributed by atoms with Crippen molar-refractivity contribution < 1.29 is 0 Å². The van der Waals surface area contributed by atoms with E-state index in [0.717, 1.165) is 0 Å². The lowest BCUT2D eigenvalue weighted by Crippen LogP contribution is -1.84. The highest BCUT2D eigenvalue weighted by Gasteiger charge is 1.95. The van der Waals surface area contributed by atoms with Gasteiger partial charge in [-0.3, -0.25) is 0 Å². The molecule has 0 N–H and O–H groups in total.